The van der Waals surface area contributed by atoms with Gasteiger partial charge in [-0.3, -0.25) is 9.52 Å². The van der Waals surface area contributed by atoms with Gasteiger partial charge >= 0.3 is 0 Å². The molecule has 0 aliphatic carbocycles. The van der Waals surface area contributed by atoms with E-state index in [0.29, 0.717) is 22.8 Å². The number of carbonyl (C=O) groups is 1. The number of aromatic nitrogens is 2. The van der Waals surface area contributed by atoms with Crippen LogP contribution in [0, 0.1) is 6.92 Å². The largest absolute Gasteiger partial charge is 0.508 e. The van der Waals surface area contributed by atoms with Gasteiger partial charge in [-0.05, 0) is 55.0 Å². The van der Waals surface area contributed by atoms with Gasteiger partial charge in [-0.1, -0.05) is 30.3 Å². The van der Waals surface area contributed by atoms with Crippen molar-refractivity contribution in [2.24, 2.45) is 0 Å². The first-order valence-electron chi connectivity index (χ1n) is 9.92. The molecule has 3 aromatic carbocycles. The van der Waals surface area contributed by atoms with Crippen LogP contribution in [0.4, 0.5) is 11.4 Å². The summed E-state index contributed by atoms with van der Waals surface area (Å²) in [5.74, 6) is -0.0178. The Morgan fingerprint density at radius 1 is 0.879 bits per heavy atom. The predicted molar refractivity (Wildman–Crippen MR) is 126 cm³/mol. The summed E-state index contributed by atoms with van der Waals surface area (Å²) in [5.41, 5.74) is 2.50. The van der Waals surface area contributed by atoms with E-state index < -0.39 is 15.9 Å². The number of phenolic OH excluding ortho intramolecular Hbond substituents is 1. The third-order valence-electron chi connectivity index (χ3n) is 4.69. The number of hydrogen-bond donors (Lipinski definition) is 3. The number of benzene rings is 3. The molecule has 0 aliphatic heterocycles. The zero-order valence-corrected chi connectivity index (χ0v) is 18.4. The molecule has 1 aromatic heterocycles. The minimum Gasteiger partial charge on any atom is -0.508 e. The first-order valence-corrected chi connectivity index (χ1v) is 11.4. The highest BCUT2D eigenvalue weighted by Gasteiger charge is 2.17. The number of anilines is 2. The second kappa shape index (κ2) is 9.09. The molecular weight excluding hydrogens is 440 g/mol. The van der Waals surface area contributed by atoms with Gasteiger partial charge in [0.15, 0.2) is 5.82 Å². The summed E-state index contributed by atoms with van der Waals surface area (Å²) < 4.78 is 28.0. The van der Waals surface area contributed by atoms with E-state index in [-0.39, 0.29) is 16.2 Å². The molecule has 4 rings (SSSR count). The molecule has 4 aromatic rings. The van der Waals surface area contributed by atoms with Crippen molar-refractivity contribution in [3.05, 3.63) is 96.3 Å². The SMILES string of the molecule is Cc1cccc(NS(=O)(=O)c2cccc(C(=O)Nc3cnc(-c4cccc(O)c4)nc3)c2)c1. The fourth-order valence-corrected chi connectivity index (χ4v) is 4.21. The summed E-state index contributed by atoms with van der Waals surface area (Å²) in [5, 5.41) is 12.2. The molecular formula is C24H20N4O4S. The molecule has 8 nitrogen and oxygen atoms in total. The first kappa shape index (κ1) is 22.0. The van der Waals surface area contributed by atoms with Crippen LogP contribution in [0.5, 0.6) is 5.75 Å². The third kappa shape index (κ3) is 5.34. The Morgan fingerprint density at radius 2 is 1.61 bits per heavy atom. The summed E-state index contributed by atoms with van der Waals surface area (Å²) in [7, 11) is -3.87. The van der Waals surface area contributed by atoms with E-state index in [1.165, 1.54) is 42.7 Å². The molecule has 1 heterocycles. The van der Waals surface area contributed by atoms with Crippen LogP contribution in [-0.4, -0.2) is 29.4 Å². The van der Waals surface area contributed by atoms with Crippen LogP contribution in [-0.2, 0) is 10.0 Å². The molecule has 0 saturated heterocycles. The maximum atomic E-state index is 12.8. The summed E-state index contributed by atoms with van der Waals surface area (Å²) in [6, 6.07) is 19.2. The summed E-state index contributed by atoms with van der Waals surface area (Å²) in [6.45, 7) is 1.86. The van der Waals surface area contributed by atoms with E-state index >= 15 is 0 Å². The molecule has 166 valence electrons. The van der Waals surface area contributed by atoms with E-state index in [9.17, 15) is 18.3 Å². The van der Waals surface area contributed by atoms with Crippen molar-refractivity contribution in [1.29, 1.82) is 0 Å². The second-order valence-corrected chi connectivity index (χ2v) is 8.99. The zero-order valence-electron chi connectivity index (χ0n) is 17.6. The Labute approximate surface area is 191 Å². The zero-order chi connectivity index (χ0) is 23.4. The molecule has 33 heavy (non-hydrogen) atoms. The van der Waals surface area contributed by atoms with E-state index in [4.69, 9.17) is 0 Å². The second-order valence-electron chi connectivity index (χ2n) is 7.30. The van der Waals surface area contributed by atoms with E-state index in [2.05, 4.69) is 20.0 Å². The fraction of sp³-hybridized carbons (Fsp3) is 0.0417. The molecule has 0 unspecified atom stereocenters. The fourth-order valence-electron chi connectivity index (χ4n) is 3.12. The van der Waals surface area contributed by atoms with Crippen molar-refractivity contribution in [1.82, 2.24) is 9.97 Å². The van der Waals surface area contributed by atoms with Crippen LogP contribution >= 0.6 is 0 Å². The van der Waals surface area contributed by atoms with Crippen molar-refractivity contribution < 1.29 is 18.3 Å². The lowest BCUT2D eigenvalue weighted by atomic mass is 10.2. The van der Waals surface area contributed by atoms with Crippen LogP contribution in [0.15, 0.2) is 90.1 Å². The van der Waals surface area contributed by atoms with E-state index in [1.54, 1.807) is 36.4 Å². The van der Waals surface area contributed by atoms with Gasteiger partial charge in [0.05, 0.1) is 23.0 Å². The van der Waals surface area contributed by atoms with Crippen molar-refractivity contribution in [2.75, 3.05) is 10.0 Å². The highest BCUT2D eigenvalue weighted by molar-refractivity contribution is 7.92. The average molecular weight is 461 g/mol. The molecule has 0 spiro atoms. The van der Waals surface area contributed by atoms with Crippen LogP contribution in [0.2, 0.25) is 0 Å². The minimum absolute atomic E-state index is 0.0351. The number of sulfonamides is 1. The molecule has 0 fully saturated rings. The quantitative estimate of drug-likeness (QED) is 0.396. The van der Waals surface area contributed by atoms with Crippen LogP contribution in [0.3, 0.4) is 0 Å². The van der Waals surface area contributed by atoms with Crippen LogP contribution in [0.25, 0.3) is 11.4 Å². The number of aromatic hydroxyl groups is 1. The topological polar surface area (TPSA) is 121 Å². The molecule has 9 heteroatoms. The maximum Gasteiger partial charge on any atom is 0.261 e. The van der Waals surface area contributed by atoms with E-state index in [0.717, 1.165) is 5.56 Å². The molecule has 0 atom stereocenters. The smallest absolute Gasteiger partial charge is 0.261 e. The van der Waals surface area contributed by atoms with Gasteiger partial charge in [0.2, 0.25) is 0 Å². The molecule has 3 N–H and O–H groups in total. The van der Waals surface area contributed by atoms with Crippen molar-refractivity contribution >= 4 is 27.3 Å². The Morgan fingerprint density at radius 3 is 2.33 bits per heavy atom. The predicted octanol–water partition coefficient (Wildman–Crippen LogP) is 4.21. The number of amides is 1. The summed E-state index contributed by atoms with van der Waals surface area (Å²) >= 11 is 0. The summed E-state index contributed by atoms with van der Waals surface area (Å²) in [6.07, 6.45) is 2.87. The standard InChI is InChI=1S/C24H20N4O4S/c1-16-5-2-8-19(11-16)28-33(31,32)22-10-4-7-18(13-22)24(30)27-20-14-25-23(26-15-20)17-6-3-9-21(29)12-17/h2-15,28-29H,1H3,(H,27,30). The Bertz CT molecular complexity index is 1420. The van der Waals surface area contributed by atoms with Crippen LogP contribution in [0.1, 0.15) is 15.9 Å². The Balaban J connectivity index is 1.49. The van der Waals surface area contributed by atoms with Gasteiger partial charge in [0.25, 0.3) is 15.9 Å². The number of nitrogens with one attached hydrogen (secondary N) is 2. The molecule has 0 aliphatic rings. The summed E-state index contributed by atoms with van der Waals surface area (Å²) in [4.78, 5) is 21.1. The lowest BCUT2D eigenvalue weighted by molar-refractivity contribution is 0.102. The maximum absolute atomic E-state index is 12.8. The van der Waals surface area contributed by atoms with Gasteiger partial charge < -0.3 is 10.4 Å². The van der Waals surface area contributed by atoms with Crippen molar-refractivity contribution in [3.63, 3.8) is 0 Å². The van der Waals surface area contributed by atoms with Gasteiger partial charge in [0.1, 0.15) is 5.75 Å². The minimum atomic E-state index is -3.87. The van der Waals surface area contributed by atoms with Crippen molar-refractivity contribution in [3.8, 4) is 17.1 Å². The van der Waals surface area contributed by atoms with Gasteiger partial charge in [-0.2, -0.15) is 0 Å². The number of aryl methyl sites for hydroxylation is 1. The molecule has 0 bridgehead atoms. The monoisotopic (exact) mass is 460 g/mol. The van der Waals surface area contributed by atoms with Crippen molar-refractivity contribution in [2.45, 2.75) is 11.8 Å². The number of nitrogens with zero attached hydrogens (tertiary/aromatic N) is 2. The lowest BCUT2D eigenvalue weighted by Gasteiger charge is -2.10. The lowest BCUT2D eigenvalue weighted by Crippen LogP contribution is -2.16. The Kier molecular flexibility index (Phi) is 6.05. The molecule has 0 saturated carbocycles. The highest BCUT2D eigenvalue weighted by Crippen LogP contribution is 2.21. The van der Waals surface area contributed by atoms with Gasteiger partial charge in [-0.25, -0.2) is 18.4 Å². The molecule has 1 amide bonds. The average Bonchev–Trinajstić information content (AvgIpc) is 2.79. The number of hydrogen-bond acceptors (Lipinski definition) is 6. The normalized spacial score (nSPS) is 11.1. The number of carbonyl (C=O) groups excluding carboxylic acids is 1. The highest BCUT2D eigenvalue weighted by atomic mass is 32.2. The third-order valence-corrected chi connectivity index (χ3v) is 6.07. The number of phenols is 1. The molecule has 0 radical (unpaired) electrons. The number of rotatable bonds is 6. The van der Waals surface area contributed by atoms with Gasteiger partial charge in [-0.15, -0.1) is 0 Å². The van der Waals surface area contributed by atoms with Gasteiger partial charge in [0, 0.05) is 16.8 Å². The first-order chi connectivity index (χ1) is 15.8. The van der Waals surface area contributed by atoms with Crippen LogP contribution < -0.4 is 10.0 Å². The van der Waals surface area contributed by atoms with E-state index in [1.807, 2.05) is 13.0 Å². The Hall–Kier alpha value is -4.24.